The van der Waals surface area contributed by atoms with Crippen molar-refractivity contribution in [3.05, 3.63) is 24.3 Å². The molecule has 0 heterocycles. The molecule has 0 bridgehead atoms. The van der Waals surface area contributed by atoms with Gasteiger partial charge in [-0.05, 0) is 44.9 Å². The van der Waals surface area contributed by atoms with Gasteiger partial charge in [0.1, 0.15) is 12.6 Å². The van der Waals surface area contributed by atoms with Crippen LogP contribution in [0.2, 0.25) is 0 Å². The van der Waals surface area contributed by atoms with Crippen LogP contribution in [-0.4, -0.2) is 59.9 Å². The number of phosphoric ester groups is 1. The molecule has 0 aromatic rings. The van der Waals surface area contributed by atoms with Gasteiger partial charge in [-0.25, -0.2) is 4.57 Å². The van der Waals surface area contributed by atoms with Crippen molar-refractivity contribution in [2.45, 2.75) is 244 Å². The van der Waals surface area contributed by atoms with E-state index >= 15 is 0 Å². The number of phosphoric acid groups is 1. The average Bonchev–Trinajstić information content (AvgIpc) is 3.22. The van der Waals surface area contributed by atoms with Crippen LogP contribution in [0, 0.1) is 0 Å². The zero-order valence-corrected chi connectivity index (χ0v) is 39.2. The summed E-state index contributed by atoms with van der Waals surface area (Å²) < 4.78 is 32.8. The van der Waals surface area contributed by atoms with E-state index in [1.54, 1.807) is 0 Å². The Morgan fingerprint density at radius 2 is 0.883 bits per heavy atom. The van der Waals surface area contributed by atoms with E-state index in [-0.39, 0.29) is 19.4 Å². The van der Waals surface area contributed by atoms with Crippen molar-refractivity contribution in [1.82, 2.24) is 0 Å². The minimum Gasteiger partial charge on any atom is -0.480 e. The lowest BCUT2D eigenvalue weighted by Crippen LogP contribution is -2.34. The van der Waals surface area contributed by atoms with Crippen LogP contribution in [0.25, 0.3) is 0 Å². The molecular formula is C48H90NO10P. The first-order valence-corrected chi connectivity index (χ1v) is 25.9. The Bertz CT molecular complexity index is 1120. The molecule has 0 aromatic heterocycles. The number of carboxylic acid groups (broad SMARTS) is 1. The van der Waals surface area contributed by atoms with Gasteiger partial charge in [0.2, 0.25) is 0 Å². The lowest BCUT2D eigenvalue weighted by Gasteiger charge is -2.20. The van der Waals surface area contributed by atoms with Gasteiger partial charge >= 0.3 is 25.7 Å². The summed E-state index contributed by atoms with van der Waals surface area (Å²) in [5.74, 6) is -2.38. The van der Waals surface area contributed by atoms with E-state index in [0.29, 0.717) is 12.8 Å². The number of hydrogen-bond donors (Lipinski definition) is 3. The Hall–Kier alpha value is -2.04. The Morgan fingerprint density at radius 3 is 1.33 bits per heavy atom. The highest BCUT2D eigenvalue weighted by Crippen LogP contribution is 2.43. The molecule has 0 aliphatic carbocycles. The summed E-state index contributed by atoms with van der Waals surface area (Å²) in [6, 6.07) is -1.52. The van der Waals surface area contributed by atoms with Crippen molar-refractivity contribution in [2.24, 2.45) is 5.73 Å². The molecule has 0 saturated heterocycles. The fourth-order valence-electron chi connectivity index (χ4n) is 6.86. The van der Waals surface area contributed by atoms with Crippen molar-refractivity contribution >= 4 is 25.7 Å². The van der Waals surface area contributed by atoms with E-state index in [1.165, 1.54) is 128 Å². The number of ether oxygens (including phenoxy) is 2. The van der Waals surface area contributed by atoms with Crippen LogP contribution < -0.4 is 5.73 Å². The predicted molar refractivity (Wildman–Crippen MR) is 245 cm³/mol. The van der Waals surface area contributed by atoms with E-state index < -0.39 is 51.1 Å². The zero-order valence-electron chi connectivity index (χ0n) is 38.3. The highest BCUT2D eigenvalue weighted by Gasteiger charge is 2.28. The van der Waals surface area contributed by atoms with Gasteiger partial charge in [-0.1, -0.05) is 199 Å². The highest BCUT2D eigenvalue weighted by atomic mass is 31.2. The van der Waals surface area contributed by atoms with Crippen LogP contribution in [0.1, 0.15) is 232 Å². The normalized spacial score (nSPS) is 13.8. The topological polar surface area (TPSA) is 172 Å². The number of hydrogen-bond acceptors (Lipinski definition) is 9. The minimum absolute atomic E-state index is 0.163. The van der Waals surface area contributed by atoms with E-state index in [2.05, 4.69) is 42.7 Å². The number of esters is 2. The van der Waals surface area contributed by atoms with Gasteiger partial charge in [-0.3, -0.25) is 23.4 Å². The Balaban J connectivity index is 4.25. The van der Waals surface area contributed by atoms with E-state index in [1.807, 2.05) is 0 Å². The maximum atomic E-state index is 12.7. The second-order valence-corrected chi connectivity index (χ2v) is 18.1. The van der Waals surface area contributed by atoms with Crippen LogP contribution in [0.15, 0.2) is 24.3 Å². The van der Waals surface area contributed by atoms with Gasteiger partial charge in [0.15, 0.2) is 6.10 Å². The number of rotatable bonds is 46. The molecule has 0 aromatic carbocycles. The lowest BCUT2D eigenvalue weighted by atomic mass is 10.0. The number of unbranched alkanes of at least 4 members (excludes halogenated alkanes) is 28. The van der Waals surface area contributed by atoms with Crippen LogP contribution in [-0.2, 0) is 37.5 Å². The third kappa shape index (κ3) is 42.6. The molecule has 12 heteroatoms. The molecule has 0 aliphatic heterocycles. The number of allylic oxidation sites excluding steroid dienone is 4. The summed E-state index contributed by atoms with van der Waals surface area (Å²) in [7, 11) is -4.72. The summed E-state index contributed by atoms with van der Waals surface area (Å²) in [6.45, 7) is 2.80. The largest absolute Gasteiger partial charge is 0.480 e. The molecule has 1 unspecified atom stereocenters. The van der Waals surface area contributed by atoms with Gasteiger partial charge in [-0.2, -0.15) is 0 Å². The Kier molecular flexibility index (Phi) is 42.1. The van der Waals surface area contributed by atoms with Gasteiger partial charge in [0.25, 0.3) is 0 Å². The molecule has 0 radical (unpaired) electrons. The molecule has 3 atom stereocenters. The molecule has 352 valence electrons. The summed E-state index contributed by atoms with van der Waals surface area (Å²) in [5.41, 5.74) is 5.34. The molecule has 0 aliphatic rings. The molecule has 0 rings (SSSR count). The minimum atomic E-state index is -4.72. The second kappa shape index (κ2) is 43.6. The Morgan fingerprint density at radius 1 is 0.517 bits per heavy atom. The van der Waals surface area contributed by atoms with E-state index in [0.717, 1.165) is 64.2 Å². The maximum Gasteiger partial charge on any atom is 0.472 e. The number of nitrogens with two attached hydrogens (primary N) is 1. The molecule has 0 saturated carbocycles. The molecule has 0 amide bonds. The molecule has 60 heavy (non-hydrogen) atoms. The van der Waals surface area contributed by atoms with Gasteiger partial charge in [0.05, 0.1) is 13.2 Å². The fraction of sp³-hybridized carbons (Fsp3) is 0.854. The molecule has 4 N–H and O–H groups in total. The molecule has 11 nitrogen and oxygen atoms in total. The van der Waals surface area contributed by atoms with Crippen LogP contribution in [0.5, 0.6) is 0 Å². The second-order valence-electron chi connectivity index (χ2n) is 16.6. The molecule has 0 spiro atoms. The number of carbonyl (C=O) groups is 3. The van der Waals surface area contributed by atoms with Crippen molar-refractivity contribution in [1.29, 1.82) is 0 Å². The van der Waals surface area contributed by atoms with Crippen LogP contribution >= 0.6 is 7.82 Å². The summed E-state index contributed by atoms with van der Waals surface area (Å²) in [4.78, 5) is 46.1. The predicted octanol–water partition coefficient (Wildman–Crippen LogP) is 13.4. The highest BCUT2D eigenvalue weighted by molar-refractivity contribution is 7.47. The van der Waals surface area contributed by atoms with Gasteiger partial charge in [0, 0.05) is 12.8 Å². The van der Waals surface area contributed by atoms with Gasteiger partial charge < -0.3 is 25.2 Å². The van der Waals surface area contributed by atoms with Crippen LogP contribution in [0.4, 0.5) is 0 Å². The Labute approximate surface area is 366 Å². The number of carbonyl (C=O) groups excluding carboxylic acids is 2. The zero-order chi connectivity index (χ0) is 44.2. The van der Waals surface area contributed by atoms with E-state index in [4.69, 9.17) is 24.8 Å². The van der Waals surface area contributed by atoms with Crippen molar-refractivity contribution in [3.63, 3.8) is 0 Å². The third-order valence-corrected chi connectivity index (χ3v) is 11.7. The summed E-state index contributed by atoms with van der Waals surface area (Å²) in [5, 5.41) is 8.91. The lowest BCUT2D eigenvalue weighted by molar-refractivity contribution is -0.161. The summed E-state index contributed by atoms with van der Waals surface area (Å²) >= 11 is 0. The summed E-state index contributed by atoms with van der Waals surface area (Å²) in [6.07, 6.45) is 46.7. The average molecular weight is 872 g/mol. The third-order valence-electron chi connectivity index (χ3n) is 10.7. The monoisotopic (exact) mass is 872 g/mol. The van der Waals surface area contributed by atoms with Crippen LogP contribution in [0.3, 0.4) is 0 Å². The molecular weight excluding hydrogens is 781 g/mol. The first-order valence-electron chi connectivity index (χ1n) is 24.4. The maximum absolute atomic E-state index is 12.7. The molecule has 0 fully saturated rings. The number of carboxylic acids is 1. The standard InChI is InChI=1S/C48H90NO10P/c1-3-5-7-9-11-13-15-17-19-20-21-22-23-24-26-28-30-32-34-36-38-40-47(51)59-44(42-57-60(54,55)58-43-45(49)48(52)53)41-56-46(50)39-37-35-33-31-29-27-25-18-16-14-12-10-8-6-4-2/h12,14,18,25,44-45H,3-11,13,15-17,19-24,26-43,49H2,1-2H3,(H,52,53)(H,54,55)/b14-12-,25-18-/t44-,45+/m1/s1. The first-order chi connectivity index (χ1) is 29.1. The number of aliphatic carboxylic acids is 1. The SMILES string of the molecule is CCCCC/C=C\C/C=C\CCCCCCCC(=O)OC[C@H](COP(=O)(O)OC[C@H](N)C(=O)O)OC(=O)CCCCCCCCCCCCCCCCCCCCCCC. The first kappa shape index (κ1) is 58.0. The van der Waals surface area contributed by atoms with Crippen molar-refractivity contribution in [2.75, 3.05) is 19.8 Å². The smallest absolute Gasteiger partial charge is 0.472 e. The van der Waals surface area contributed by atoms with Gasteiger partial charge in [-0.15, -0.1) is 0 Å². The van der Waals surface area contributed by atoms with E-state index in [9.17, 15) is 23.8 Å². The fourth-order valence-corrected chi connectivity index (χ4v) is 7.64. The quantitative estimate of drug-likeness (QED) is 0.0230. The van der Waals surface area contributed by atoms with Crippen molar-refractivity contribution < 1.29 is 47.5 Å². The van der Waals surface area contributed by atoms with Crippen molar-refractivity contribution in [3.8, 4) is 0 Å².